The highest BCUT2D eigenvalue weighted by Gasteiger charge is 2.30. The average Bonchev–Trinajstić information content (AvgIpc) is 3.43. The molecule has 4 rings (SSSR count). The third kappa shape index (κ3) is 5.23. The summed E-state index contributed by atoms with van der Waals surface area (Å²) in [4.78, 5) is 17.1. The van der Waals surface area contributed by atoms with Crippen LogP contribution in [0.4, 0.5) is 5.95 Å². The van der Waals surface area contributed by atoms with Crippen LogP contribution in [-0.4, -0.2) is 65.5 Å². The Labute approximate surface area is 189 Å². The minimum atomic E-state index is -0.363. The highest BCUT2D eigenvalue weighted by Crippen LogP contribution is 2.37. The van der Waals surface area contributed by atoms with Gasteiger partial charge < -0.3 is 14.5 Å². The fraction of sp³-hybridized carbons (Fsp3) is 0.609. The van der Waals surface area contributed by atoms with Crippen molar-refractivity contribution in [1.29, 1.82) is 0 Å². The van der Waals surface area contributed by atoms with E-state index in [-0.39, 0.29) is 17.3 Å². The van der Waals surface area contributed by atoms with Crippen LogP contribution in [0.2, 0.25) is 0 Å². The topological polar surface area (TPSA) is 63.5 Å². The van der Waals surface area contributed by atoms with E-state index >= 15 is 0 Å². The Morgan fingerprint density at radius 1 is 1.19 bits per heavy atom. The number of hydrogen-bond donors (Lipinski definition) is 0. The quantitative estimate of drug-likeness (QED) is 0.609. The summed E-state index contributed by atoms with van der Waals surface area (Å²) in [6, 6.07) is 9.94. The molecule has 2 atom stereocenters. The van der Waals surface area contributed by atoms with Crippen LogP contribution in [0.15, 0.2) is 35.5 Å². The maximum absolute atomic E-state index is 13.1. The number of carbonyl (C=O) groups is 1. The molecule has 0 saturated carbocycles. The molecule has 168 valence electrons. The average molecular weight is 444 g/mol. The van der Waals surface area contributed by atoms with Crippen molar-refractivity contribution in [1.82, 2.24) is 19.7 Å². The largest absolute Gasteiger partial charge is 0.376 e. The first-order valence-electron chi connectivity index (χ1n) is 11.3. The predicted molar refractivity (Wildman–Crippen MR) is 123 cm³/mol. The summed E-state index contributed by atoms with van der Waals surface area (Å²) in [6.45, 7) is 5.85. The zero-order valence-corrected chi connectivity index (χ0v) is 19.6. The second-order valence-corrected chi connectivity index (χ2v) is 9.91. The van der Waals surface area contributed by atoms with Crippen molar-refractivity contribution in [2.75, 3.05) is 38.7 Å². The highest BCUT2D eigenvalue weighted by atomic mass is 32.2. The number of thioether (sulfide) groups is 1. The van der Waals surface area contributed by atoms with Crippen molar-refractivity contribution in [3.63, 3.8) is 0 Å². The van der Waals surface area contributed by atoms with Crippen LogP contribution >= 0.6 is 11.8 Å². The lowest BCUT2D eigenvalue weighted by molar-refractivity contribution is -0.128. The molecule has 1 aromatic carbocycles. The lowest BCUT2D eigenvalue weighted by Crippen LogP contribution is -2.35. The van der Waals surface area contributed by atoms with Crippen molar-refractivity contribution >= 4 is 23.6 Å². The summed E-state index contributed by atoms with van der Waals surface area (Å²) in [5.41, 5.74) is 0.978. The van der Waals surface area contributed by atoms with Gasteiger partial charge in [-0.2, -0.15) is 0 Å². The van der Waals surface area contributed by atoms with E-state index in [2.05, 4.69) is 26.6 Å². The van der Waals surface area contributed by atoms with Gasteiger partial charge in [-0.1, -0.05) is 49.0 Å². The molecule has 3 heterocycles. The van der Waals surface area contributed by atoms with Gasteiger partial charge in [0.05, 0.1) is 12.6 Å². The Kier molecular flexibility index (Phi) is 7.17. The van der Waals surface area contributed by atoms with Crippen LogP contribution < -0.4 is 4.90 Å². The van der Waals surface area contributed by atoms with E-state index in [1.165, 1.54) is 24.6 Å². The van der Waals surface area contributed by atoms with Gasteiger partial charge in [-0.3, -0.25) is 9.36 Å². The van der Waals surface area contributed by atoms with Crippen LogP contribution in [0.1, 0.15) is 43.4 Å². The Morgan fingerprint density at radius 3 is 2.58 bits per heavy atom. The van der Waals surface area contributed by atoms with Crippen LogP contribution in [0, 0.1) is 5.92 Å². The number of rotatable bonds is 7. The number of piperidine rings is 1. The molecule has 2 aromatic rings. The fourth-order valence-electron chi connectivity index (χ4n) is 4.19. The van der Waals surface area contributed by atoms with Gasteiger partial charge in [0.2, 0.25) is 11.9 Å². The maximum atomic E-state index is 13.1. The summed E-state index contributed by atoms with van der Waals surface area (Å²) in [6.07, 6.45) is 4.66. The van der Waals surface area contributed by atoms with Crippen molar-refractivity contribution in [3.8, 4) is 0 Å². The predicted octanol–water partition coefficient (Wildman–Crippen LogP) is 3.62. The third-order valence-corrected chi connectivity index (χ3v) is 7.39. The summed E-state index contributed by atoms with van der Waals surface area (Å²) in [5, 5.41) is 9.59. The number of amides is 1. The molecule has 0 spiro atoms. The van der Waals surface area contributed by atoms with E-state index < -0.39 is 0 Å². The maximum Gasteiger partial charge on any atom is 0.240 e. The highest BCUT2D eigenvalue weighted by molar-refractivity contribution is 8.00. The number of hydrogen-bond acceptors (Lipinski definition) is 6. The first kappa shape index (κ1) is 22.1. The SMILES string of the molecule is CC1CCN(c2nnc(SC(C(=O)N(C)C)c3ccccc3)n2CC2CCCO2)CC1. The van der Waals surface area contributed by atoms with E-state index in [1.807, 2.05) is 30.3 Å². The number of likely N-dealkylation sites (N-methyl/N-ethyl adjacent to an activating group) is 1. The molecule has 2 unspecified atom stereocenters. The summed E-state index contributed by atoms with van der Waals surface area (Å²) < 4.78 is 8.13. The van der Waals surface area contributed by atoms with Crippen molar-refractivity contribution < 1.29 is 9.53 Å². The summed E-state index contributed by atoms with van der Waals surface area (Å²) >= 11 is 1.49. The minimum Gasteiger partial charge on any atom is -0.376 e. The van der Waals surface area contributed by atoms with E-state index in [0.29, 0.717) is 0 Å². The number of carbonyl (C=O) groups excluding carboxylic acids is 1. The molecule has 1 aromatic heterocycles. The molecule has 2 aliphatic rings. The van der Waals surface area contributed by atoms with Crippen molar-refractivity contribution in [2.24, 2.45) is 5.92 Å². The van der Waals surface area contributed by atoms with Crippen LogP contribution in [0.5, 0.6) is 0 Å². The molecule has 2 aliphatic heterocycles. The number of anilines is 1. The monoisotopic (exact) mass is 443 g/mol. The number of nitrogens with zero attached hydrogens (tertiary/aromatic N) is 5. The van der Waals surface area contributed by atoms with Gasteiger partial charge in [0.25, 0.3) is 0 Å². The zero-order chi connectivity index (χ0) is 21.8. The van der Waals surface area contributed by atoms with E-state index in [1.54, 1.807) is 19.0 Å². The van der Waals surface area contributed by atoms with Gasteiger partial charge in [0, 0.05) is 33.8 Å². The van der Waals surface area contributed by atoms with Crippen molar-refractivity contribution in [2.45, 2.75) is 55.7 Å². The molecule has 8 heteroatoms. The summed E-state index contributed by atoms with van der Waals surface area (Å²) in [5.74, 6) is 1.71. The molecule has 2 fully saturated rings. The number of benzene rings is 1. The molecular weight excluding hydrogens is 410 g/mol. The van der Waals surface area contributed by atoms with Gasteiger partial charge in [0.1, 0.15) is 5.25 Å². The number of aromatic nitrogens is 3. The Bertz CT molecular complexity index is 858. The summed E-state index contributed by atoms with van der Waals surface area (Å²) in [7, 11) is 3.60. The van der Waals surface area contributed by atoms with E-state index in [9.17, 15) is 4.79 Å². The Balaban J connectivity index is 1.64. The second kappa shape index (κ2) is 10.0. The van der Waals surface area contributed by atoms with Crippen LogP contribution in [0.25, 0.3) is 0 Å². The molecule has 0 aliphatic carbocycles. The van der Waals surface area contributed by atoms with Crippen LogP contribution in [0.3, 0.4) is 0 Å². The first-order valence-corrected chi connectivity index (χ1v) is 12.1. The standard InChI is InChI=1S/C23H33N5O2S/c1-17-11-13-27(14-12-17)22-24-25-23(28(22)16-19-10-7-15-30-19)31-20(21(29)26(2)3)18-8-5-4-6-9-18/h4-6,8-9,17,19-20H,7,10-16H2,1-3H3. The van der Waals surface area contributed by atoms with Gasteiger partial charge in [0.15, 0.2) is 5.16 Å². The fourth-order valence-corrected chi connectivity index (χ4v) is 5.38. The zero-order valence-electron chi connectivity index (χ0n) is 18.7. The second-order valence-electron chi connectivity index (χ2n) is 8.84. The van der Waals surface area contributed by atoms with Gasteiger partial charge in [-0.05, 0) is 37.2 Å². The van der Waals surface area contributed by atoms with Gasteiger partial charge in [-0.25, -0.2) is 0 Å². The Hall–Kier alpha value is -2.06. The molecular formula is C23H33N5O2S. The molecule has 0 radical (unpaired) electrons. The van der Waals surface area contributed by atoms with E-state index in [0.717, 1.165) is 61.7 Å². The minimum absolute atomic E-state index is 0.0520. The van der Waals surface area contributed by atoms with Gasteiger partial charge in [-0.15, -0.1) is 10.2 Å². The number of ether oxygens (including phenoxy) is 1. The normalized spacial score (nSPS) is 20.7. The molecule has 0 N–H and O–H groups in total. The Morgan fingerprint density at radius 2 is 1.94 bits per heavy atom. The molecule has 0 bridgehead atoms. The molecule has 7 nitrogen and oxygen atoms in total. The molecule has 2 saturated heterocycles. The van der Waals surface area contributed by atoms with Gasteiger partial charge >= 0.3 is 0 Å². The van der Waals surface area contributed by atoms with Crippen LogP contribution in [-0.2, 0) is 16.1 Å². The lowest BCUT2D eigenvalue weighted by Gasteiger charge is -2.31. The lowest BCUT2D eigenvalue weighted by atomic mass is 10.00. The molecule has 31 heavy (non-hydrogen) atoms. The third-order valence-electron chi connectivity index (χ3n) is 6.16. The van der Waals surface area contributed by atoms with E-state index in [4.69, 9.17) is 4.74 Å². The smallest absolute Gasteiger partial charge is 0.240 e. The van der Waals surface area contributed by atoms with Crippen molar-refractivity contribution in [3.05, 3.63) is 35.9 Å². The molecule has 1 amide bonds. The first-order chi connectivity index (χ1) is 15.0.